The van der Waals surface area contributed by atoms with Crippen molar-refractivity contribution in [1.82, 2.24) is 30.1 Å². The van der Waals surface area contributed by atoms with E-state index in [1.54, 1.807) is 30.5 Å². The molecule has 19 heteroatoms. The maximum atomic E-state index is 12.6. The quantitative estimate of drug-likeness (QED) is 0.0209. The summed E-state index contributed by atoms with van der Waals surface area (Å²) >= 11 is 0. The Morgan fingerprint density at radius 3 is 2.17 bits per heavy atom. The Morgan fingerprint density at radius 2 is 1.47 bits per heavy atom. The van der Waals surface area contributed by atoms with E-state index in [9.17, 15) is 29.1 Å². The molecule has 2 aromatic heterocycles. The number of H-pyrrole nitrogens is 1. The van der Waals surface area contributed by atoms with Crippen molar-refractivity contribution in [3.63, 3.8) is 0 Å². The molecule has 3 saturated heterocycles. The highest BCUT2D eigenvalue weighted by atomic mass is 16.6. The van der Waals surface area contributed by atoms with Gasteiger partial charge >= 0.3 is 5.69 Å². The number of hydrogen-bond donors (Lipinski definition) is 4. The topological polar surface area (TPSA) is 225 Å². The number of benzene rings is 2. The Balaban J connectivity index is 0.584. The van der Waals surface area contributed by atoms with Crippen molar-refractivity contribution >= 4 is 40.4 Å². The Morgan fingerprint density at radius 1 is 0.764 bits per heavy atom. The van der Waals surface area contributed by atoms with Crippen molar-refractivity contribution in [2.24, 2.45) is 0 Å². The van der Waals surface area contributed by atoms with E-state index < -0.39 is 11.9 Å². The maximum absolute atomic E-state index is 12.6. The van der Waals surface area contributed by atoms with Crippen LogP contribution in [-0.4, -0.2) is 152 Å². The smallest absolute Gasteiger partial charge is 0.327 e. The number of carbonyl (C=O) groups is 4. The third kappa shape index (κ3) is 16.5. The number of piperazine rings is 1. The number of aryl methyl sites for hydroxylation is 1. The zero-order valence-corrected chi connectivity index (χ0v) is 41.3. The number of aromatic amines is 1. The van der Waals surface area contributed by atoms with Crippen LogP contribution in [0.2, 0.25) is 0 Å². The van der Waals surface area contributed by atoms with Crippen molar-refractivity contribution in [3.05, 3.63) is 94.7 Å². The summed E-state index contributed by atoms with van der Waals surface area (Å²) in [4.78, 5) is 73.3. The van der Waals surface area contributed by atoms with E-state index in [1.807, 2.05) is 36.5 Å². The summed E-state index contributed by atoms with van der Waals surface area (Å²) in [6.07, 6.45) is 14.9. The van der Waals surface area contributed by atoms with Gasteiger partial charge in [-0.25, -0.2) is 9.78 Å². The second-order valence-electron chi connectivity index (χ2n) is 18.3. The van der Waals surface area contributed by atoms with Crippen LogP contribution in [0.1, 0.15) is 92.6 Å². The van der Waals surface area contributed by atoms with Gasteiger partial charge in [0.1, 0.15) is 23.4 Å². The summed E-state index contributed by atoms with van der Waals surface area (Å²) in [6.45, 7) is 7.45. The monoisotopic (exact) mass is 998 g/mol. The average Bonchev–Trinajstić information content (AvgIpc) is 4.08. The minimum absolute atomic E-state index is 0.00385. The summed E-state index contributed by atoms with van der Waals surface area (Å²) in [7, 11) is 0. The molecule has 0 saturated carbocycles. The molecule has 3 atom stereocenters. The molecule has 4 aromatic rings. The number of ketones is 1. The maximum Gasteiger partial charge on any atom is 0.327 e. The fourth-order valence-corrected chi connectivity index (χ4v) is 9.29. The van der Waals surface area contributed by atoms with Gasteiger partial charge in [-0.2, -0.15) is 0 Å². The SMILES string of the molecule is O=C(CCCCCCCCOc1ccc(N2C[C@H]3C[C@@H]2CN3/C=C/C(=O)c2ccccc2O)nc1)NCCOCCOCCOCCOCCOCCCc1ccc2c(c1)[nH]c(=O)n2C1CCC(=O)NC1=O. The molecule has 2 bridgehead atoms. The van der Waals surface area contributed by atoms with Gasteiger partial charge in [-0.15, -0.1) is 0 Å². The Bertz CT molecular complexity index is 2440. The van der Waals surface area contributed by atoms with Crippen LogP contribution < -0.4 is 26.0 Å². The fraction of sp³-hybridized carbons (Fsp3) is 0.547. The number of anilines is 1. The van der Waals surface area contributed by atoms with Crippen LogP contribution in [0.15, 0.2) is 77.9 Å². The average molecular weight is 998 g/mol. The van der Waals surface area contributed by atoms with Gasteiger partial charge in [-0.3, -0.25) is 29.1 Å². The van der Waals surface area contributed by atoms with Crippen LogP contribution in [0.25, 0.3) is 11.0 Å². The van der Waals surface area contributed by atoms with Gasteiger partial charge in [-0.1, -0.05) is 43.9 Å². The predicted octanol–water partition coefficient (Wildman–Crippen LogP) is 5.01. The van der Waals surface area contributed by atoms with Gasteiger partial charge in [-0.05, 0) is 80.5 Å². The Kier molecular flexibility index (Phi) is 21.5. The molecule has 3 aliphatic heterocycles. The second-order valence-corrected chi connectivity index (χ2v) is 18.3. The number of phenols is 1. The van der Waals surface area contributed by atoms with Gasteiger partial charge in [0.2, 0.25) is 17.7 Å². The molecule has 1 unspecified atom stereocenters. The second kappa shape index (κ2) is 28.8. The number of likely N-dealkylation sites (tertiary alicyclic amines) is 1. The number of nitrogens with one attached hydrogen (secondary N) is 3. The van der Waals surface area contributed by atoms with Crippen molar-refractivity contribution in [1.29, 1.82) is 0 Å². The molecule has 0 spiro atoms. The number of aromatic hydroxyl groups is 1. The summed E-state index contributed by atoms with van der Waals surface area (Å²) in [5, 5.41) is 15.2. The number of piperidine rings is 1. The number of carbonyl (C=O) groups excluding carboxylic acids is 4. The van der Waals surface area contributed by atoms with E-state index in [2.05, 4.69) is 30.4 Å². The first kappa shape index (κ1) is 53.7. The van der Waals surface area contributed by atoms with Crippen LogP contribution >= 0.6 is 0 Å². The first-order chi connectivity index (χ1) is 35.2. The molecule has 3 fully saturated rings. The number of unbranched alkanes of at least 4 members (excludes halogenated alkanes) is 5. The molecule has 72 heavy (non-hydrogen) atoms. The zero-order valence-electron chi connectivity index (χ0n) is 41.3. The normalized spacial score (nSPS) is 17.6. The molecule has 7 rings (SSSR count). The van der Waals surface area contributed by atoms with E-state index in [-0.39, 0.29) is 35.5 Å². The number of para-hydroxylation sites is 1. The number of imidazole rings is 1. The van der Waals surface area contributed by atoms with Gasteiger partial charge in [0.15, 0.2) is 5.78 Å². The summed E-state index contributed by atoms with van der Waals surface area (Å²) in [6, 6.07) is 16.3. The first-order valence-corrected chi connectivity index (χ1v) is 25.6. The molecule has 0 aliphatic carbocycles. The summed E-state index contributed by atoms with van der Waals surface area (Å²) in [5.41, 5.74) is 2.29. The Hall–Kier alpha value is -6.12. The number of ether oxygens (including phenoxy) is 6. The molecule has 5 heterocycles. The predicted molar refractivity (Wildman–Crippen MR) is 269 cm³/mol. The number of phenolic OH excluding ortho intramolecular Hbond substituents is 1. The van der Waals surface area contributed by atoms with Crippen LogP contribution in [0.4, 0.5) is 5.82 Å². The molecule has 19 nitrogen and oxygen atoms in total. The van der Waals surface area contributed by atoms with Gasteiger partial charge in [0.05, 0.1) is 88.9 Å². The lowest BCUT2D eigenvalue weighted by Crippen LogP contribution is -2.44. The molecular weight excluding hydrogens is 927 g/mol. The van der Waals surface area contributed by atoms with Gasteiger partial charge in [0.25, 0.3) is 0 Å². The highest BCUT2D eigenvalue weighted by Gasteiger charge is 2.42. The molecule has 2 aromatic carbocycles. The number of aromatic nitrogens is 3. The van der Waals surface area contributed by atoms with Crippen LogP contribution in [0.3, 0.4) is 0 Å². The molecule has 3 amide bonds. The van der Waals surface area contributed by atoms with E-state index in [0.29, 0.717) is 121 Å². The fourth-order valence-electron chi connectivity index (χ4n) is 9.29. The molecule has 4 N–H and O–H groups in total. The lowest BCUT2D eigenvalue weighted by Gasteiger charge is -2.34. The number of fused-ring (bicyclic) bond motifs is 3. The third-order valence-electron chi connectivity index (χ3n) is 13.1. The number of amides is 3. The van der Waals surface area contributed by atoms with Crippen molar-refractivity contribution in [2.45, 2.75) is 95.2 Å². The standard InChI is InChI=1S/C53H71N7O12/c61-47-12-7-6-11-43(47)48(62)20-22-58-37-41-35-40(58)38-59(41)49-18-15-42(36-55-49)72-24-8-4-2-1-3-5-13-50(63)54-21-25-68-27-29-70-31-33-71-32-30-69-28-26-67-23-9-10-39-14-16-45-44(34-39)56-53(66)60(45)46-17-19-51(64)57-52(46)65/h6-7,11-12,14-16,18,20,22,34,36,40-41,46,61H,1-5,8-10,13,17,19,21,23-33,35,37-38H2,(H,54,63)(H,56,66)(H,57,64,65)/b22-20+/t40-,41-,46?/m1/s1. The van der Waals surface area contributed by atoms with Gasteiger partial charge < -0.3 is 53.6 Å². The van der Waals surface area contributed by atoms with E-state index in [1.165, 1.54) is 10.6 Å². The summed E-state index contributed by atoms with van der Waals surface area (Å²) in [5.74, 6) is 0.781. The van der Waals surface area contributed by atoms with Crippen molar-refractivity contribution in [2.75, 3.05) is 97.2 Å². The molecule has 3 aliphatic rings. The van der Waals surface area contributed by atoms with E-state index >= 15 is 0 Å². The number of allylic oxidation sites excluding steroid dienone is 1. The lowest BCUT2D eigenvalue weighted by molar-refractivity contribution is -0.135. The molecule has 390 valence electrons. The zero-order chi connectivity index (χ0) is 50.3. The van der Waals surface area contributed by atoms with E-state index in [4.69, 9.17) is 28.4 Å². The lowest BCUT2D eigenvalue weighted by atomic mass is 10.1. The number of nitrogens with zero attached hydrogens (tertiary/aromatic N) is 4. The Labute approximate surface area is 420 Å². The number of rotatable bonds is 34. The van der Waals surface area contributed by atoms with Gasteiger partial charge in [0, 0.05) is 63.4 Å². The largest absolute Gasteiger partial charge is 0.507 e. The van der Waals surface area contributed by atoms with Crippen molar-refractivity contribution < 1.29 is 52.7 Å². The van der Waals surface area contributed by atoms with Crippen LogP contribution in [0, 0.1) is 0 Å². The highest BCUT2D eigenvalue weighted by molar-refractivity contribution is 6.06. The van der Waals surface area contributed by atoms with Crippen molar-refractivity contribution in [3.8, 4) is 11.5 Å². The molecular formula is C53H71N7O12. The van der Waals surface area contributed by atoms with E-state index in [0.717, 1.165) is 88.0 Å². The van der Waals surface area contributed by atoms with Crippen LogP contribution in [-0.2, 0) is 44.5 Å². The third-order valence-corrected chi connectivity index (χ3v) is 13.1. The molecule has 0 radical (unpaired) electrons. The first-order valence-electron chi connectivity index (χ1n) is 25.6. The number of imide groups is 1. The highest BCUT2D eigenvalue weighted by Crippen LogP contribution is 2.34. The minimum atomic E-state index is -0.702. The minimum Gasteiger partial charge on any atom is -0.507 e. The van der Waals surface area contributed by atoms with Crippen LogP contribution in [0.5, 0.6) is 11.5 Å². The summed E-state index contributed by atoms with van der Waals surface area (Å²) < 4.78 is 35.3. The number of hydrogen-bond acceptors (Lipinski definition) is 15. The number of pyridine rings is 1.